The Labute approximate surface area is 115 Å². The third-order valence-electron chi connectivity index (χ3n) is 4.24. The van der Waals surface area contributed by atoms with E-state index in [-0.39, 0.29) is 0 Å². The minimum absolute atomic E-state index is 0.617. The summed E-state index contributed by atoms with van der Waals surface area (Å²) in [4.78, 5) is 5.95. The maximum absolute atomic E-state index is 3.41. The number of aromatic nitrogens is 1. The molecule has 1 unspecified atom stereocenters. The molecule has 2 heterocycles. The van der Waals surface area contributed by atoms with Gasteiger partial charge in [-0.05, 0) is 30.5 Å². The van der Waals surface area contributed by atoms with Crippen LogP contribution >= 0.6 is 0 Å². The molecule has 0 saturated carbocycles. The number of nitrogens with one attached hydrogen (secondary N) is 2. The van der Waals surface area contributed by atoms with Gasteiger partial charge >= 0.3 is 0 Å². The predicted octanol–water partition coefficient (Wildman–Crippen LogP) is 2.57. The summed E-state index contributed by atoms with van der Waals surface area (Å²) in [6.07, 6.45) is 3.43. The monoisotopic (exact) mass is 257 g/mol. The number of hydrogen-bond donors (Lipinski definition) is 2. The van der Waals surface area contributed by atoms with Crippen molar-refractivity contribution in [3.8, 4) is 0 Å². The van der Waals surface area contributed by atoms with Crippen LogP contribution in [0.1, 0.15) is 24.8 Å². The number of para-hydroxylation sites is 1. The molecule has 1 fully saturated rings. The molecule has 2 aromatic rings. The molecule has 1 aliphatic rings. The molecular weight excluding hydrogens is 234 g/mol. The molecule has 19 heavy (non-hydrogen) atoms. The normalized spacial score (nSPS) is 18.8. The van der Waals surface area contributed by atoms with E-state index in [9.17, 15) is 0 Å². The molecule has 0 spiro atoms. The molecule has 0 amide bonds. The van der Waals surface area contributed by atoms with Crippen molar-refractivity contribution in [1.82, 2.24) is 15.2 Å². The largest absolute Gasteiger partial charge is 0.361 e. The molecule has 3 heteroatoms. The van der Waals surface area contributed by atoms with Gasteiger partial charge in [0.15, 0.2) is 0 Å². The first-order valence-electron chi connectivity index (χ1n) is 7.33. The Morgan fingerprint density at radius 1 is 1.21 bits per heavy atom. The van der Waals surface area contributed by atoms with Crippen molar-refractivity contribution in [2.24, 2.45) is 0 Å². The maximum Gasteiger partial charge on any atom is 0.0456 e. The zero-order valence-electron chi connectivity index (χ0n) is 11.7. The number of benzene rings is 1. The molecule has 0 radical (unpaired) electrons. The third-order valence-corrected chi connectivity index (χ3v) is 4.24. The third kappa shape index (κ3) is 2.82. The Hall–Kier alpha value is -1.32. The van der Waals surface area contributed by atoms with Crippen LogP contribution in [0.4, 0.5) is 0 Å². The molecule has 1 aliphatic heterocycles. The smallest absolute Gasteiger partial charge is 0.0456 e. The van der Waals surface area contributed by atoms with Gasteiger partial charge in [-0.25, -0.2) is 0 Å². The summed E-state index contributed by atoms with van der Waals surface area (Å²) in [5, 5.41) is 4.79. The van der Waals surface area contributed by atoms with E-state index in [4.69, 9.17) is 0 Å². The maximum atomic E-state index is 3.41. The Bertz CT molecular complexity index is 526. The van der Waals surface area contributed by atoms with E-state index in [1.807, 2.05) is 0 Å². The van der Waals surface area contributed by atoms with Crippen LogP contribution < -0.4 is 5.32 Å². The van der Waals surface area contributed by atoms with Crippen LogP contribution in [0.5, 0.6) is 0 Å². The van der Waals surface area contributed by atoms with Gasteiger partial charge in [-0.2, -0.15) is 0 Å². The average molecular weight is 257 g/mol. The quantitative estimate of drug-likeness (QED) is 0.882. The summed E-state index contributed by atoms with van der Waals surface area (Å²) in [6, 6.07) is 8.60. The Kier molecular flexibility index (Phi) is 3.85. The fraction of sp³-hybridized carbons (Fsp3) is 0.500. The molecule has 1 atom stereocenters. The highest BCUT2D eigenvalue weighted by Gasteiger charge is 2.14. The predicted molar refractivity (Wildman–Crippen MR) is 80.6 cm³/mol. The Morgan fingerprint density at radius 3 is 2.84 bits per heavy atom. The average Bonchev–Trinajstić information content (AvgIpc) is 2.90. The summed E-state index contributed by atoms with van der Waals surface area (Å²) in [6.45, 7) is 8.23. The van der Waals surface area contributed by atoms with E-state index in [1.165, 1.54) is 42.5 Å². The number of aromatic amines is 1. The van der Waals surface area contributed by atoms with Gasteiger partial charge in [-0.15, -0.1) is 0 Å². The second-order valence-corrected chi connectivity index (χ2v) is 5.57. The van der Waals surface area contributed by atoms with Crippen LogP contribution in [0, 0.1) is 0 Å². The van der Waals surface area contributed by atoms with Gasteiger partial charge in [-0.1, -0.05) is 25.1 Å². The molecule has 0 bridgehead atoms. The fourth-order valence-electron chi connectivity index (χ4n) is 2.97. The number of rotatable bonds is 4. The van der Waals surface area contributed by atoms with E-state index < -0.39 is 0 Å². The van der Waals surface area contributed by atoms with Gasteiger partial charge in [0.05, 0.1) is 0 Å². The molecule has 1 aromatic heterocycles. The standard InChI is InChI=1S/C16H23N3/c1-13(6-9-19-10-7-17-8-11-19)15-12-18-16-5-3-2-4-14(15)16/h2-5,12-13,17-18H,6-11H2,1H3. The summed E-state index contributed by atoms with van der Waals surface area (Å²) >= 11 is 0. The van der Waals surface area contributed by atoms with Crippen LogP contribution in [0.15, 0.2) is 30.5 Å². The highest BCUT2D eigenvalue weighted by atomic mass is 15.2. The number of H-pyrrole nitrogens is 1. The van der Waals surface area contributed by atoms with E-state index >= 15 is 0 Å². The van der Waals surface area contributed by atoms with Crippen molar-refractivity contribution >= 4 is 10.9 Å². The van der Waals surface area contributed by atoms with E-state index in [0.717, 1.165) is 13.1 Å². The number of fused-ring (bicyclic) bond motifs is 1. The summed E-state index contributed by atoms with van der Waals surface area (Å²) in [5.74, 6) is 0.617. The lowest BCUT2D eigenvalue weighted by molar-refractivity contribution is 0.234. The lowest BCUT2D eigenvalue weighted by Crippen LogP contribution is -2.43. The van der Waals surface area contributed by atoms with Crippen molar-refractivity contribution < 1.29 is 0 Å². The molecule has 102 valence electrons. The first-order valence-corrected chi connectivity index (χ1v) is 7.33. The van der Waals surface area contributed by atoms with Gasteiger partial charge in [0.1, 0.15) is 0 Å². The minimum atomic E-state index is 0.617. The van der Waals surface area contributed by atoms with Crippen LogP contribution in [-0.4, -0.2) is 42.6 Å². The highest BCUT2D eigenvalue weighted by molar-refractivity contribution is 5.83. The summed E-state index contributed by atoms with van der Waals surface area (Å²) < 4.78 is 0. The number of hydrogen-bond acceptors (Lipinski definition) is 2. The number of piperazine rings is 1. The lowest BCUT2D eigenvalue weighted by Gasteiger charge is -2.28. The van der Waals surface area contributed by atoms with Crippen LogP contribution in [0.2, 0.25) is 0 Å². The van der Waals surface area contributed by atoms with Crippen LogP contribution in [0.3, 0.4) is 0 Å². The van der Waals surface area contributed by atoms with Crippen LogP contribution in [-0.2, 0) is 0 Å². The molecule has 2 N–H and O–H groups in total. The molecule has 3 rings (SSSR count). The Morgan fingerprint density at radius 2 is 2.00 bits per heavy atom. The lowest BCUT2D eigenvalue weighted by atomic mass is 9.97. The van der Waals surface area contributed by atoms with Crippen molar-refractivity contribution in [2.75, 3.05) is 32.7 Å². The van der Waals surface area contributed by atoms with Crippen molar-refractivity contribution in [3.63, 3.8) is 0 Å². The fourth-order valence-corrected chi connectivity index (χ4v) is 2.97. The van der Waals surface area contributed by atoms with Gasteiger partial charge in [0.25, 0.3) is 0 Å². The first kappa shape index (κ1) is 12.7. The van der Waals surface area contributed by atoms with E-state index in [1.54, 1.807) is 0 Å². The second-order valence-electron chi connectivity index (χ2n) is 5.57. The summed E-state index contributed by atoms with van der Waals surface area (Å²) in [5.41, 5.74) is 2.72. The molecule has 1 saturated heterocycles. The van der Waals surface area contributed by atoms with Crippen molar-refractivity contribution in [1.29, 1.82) is 0 Å². The van der Waals surface area contributed by atoms with Gasteiger partial charge in [0, 0.05) is 43.3 Å². The zero-order chi connectivity index (χ0) is 13.1. The van der Waals surface area contributed by atoms with Crippen LogP contribution in [0.25, 0.3) is 10.9 Å². The van der Waals surface area contributed by atoms with E-state index in [0.29, 0.717) is 5.92 Å². The van der Waals surface area contributed by atoms with E-state index in [2.05, 4.69) is 52.6 Å². The van der Waals surface area contributed by atoms with Gasteiger partial charge in [-0.3, -0.25) is 0 Å². The van der Waals surface area contributed by atoms with Crippen molar-refractivity contribution in [3.05, 3.63) is 36.0 Å². The molecule has 1 aromatic carbocycles. The molecule has 3 nitrogen and oxygen atoms in total. The number of nitrogens with zero attached hydrogens (tertiary/aromatic N) is 1. The topological polar surface area (TPSA) is 31.1 Å². The van der Waals surface area contributed by atoms with Gasteiger partial charge < -0.3 is 15.2 Å². The first-order chi connectivity index (χ1) is 9.34. The molecule has 0 aliphatic carbocycles. The SMILES string of the molecule is CC(CCN1CCNCC1)c1c[nH]c2ccccc12. The van der Waals surface area contributed by atoms with Crippen molar-refractivity contribution in [2.45, 2.75) is 19.3 Å². The second kappa shape index (κ2) is 5.76. The summed E-state index contributed by atoms with van der Waals surface area (Å²) in [7, 11) is 0. The molecular formula is C16H23N3. The Balaban J connectivity index is 1.64. The zero-order valence-corrected chi connectivity index (χ0v) is 11.7. The van der Waals surface area contributed by atoms with Gasteiger partial charge in [0.2, 0.25) is 0 Å². The highest BCUT2D eigenvalue weighted by Crippen LogP contribution is 2.27. The minimum Gasteiger partial charge on any atom is -0.361 e.